The SMILES string of the molecule is CC[C@H](Oc1ccc2c(c1)[C@H](c1ccc(F)cc1)N(C(=O)C1CCCC1)CC2)C(=O)N1CCN(C(C)=O)CC1. The minimum absolute atomic E-state index is 0.0237. The van der Waals surface area contributed by atoms with E-state index >= 15 is 0 Å². The highest BCUT2D eigenvalue weighted by Gasteiger charge is 2.37. The van der Waals surface area contributed by atoms with E-state index in [4.69, 9.17) is 4.74 Å². The molecule has 2 aliphatic heterocycles. The van der Waals surface area contributed by atoms with Crippen molar-refractivity contribution < 1.29 is 23.5 Å². The van der Waals surface area contributed by atoms with E-state index in [1.54, 1.807) is 28.9 Å². The fourth-order valence-corrected chi connectivity index (χ4v) is 6.23. The molecule has 208 valence electrons. The number of hydrogen-bond donors (Lipinski definition) is 0. The summed E-state index contributed by atoms with van der Waals surface area (Å²) >= 11 is 0. The molecule has 0 unspecified atom stereocenters. The molecule has 3 aliphatic rings. The van der Waals surface area contributed by atoms with E-state index in [1.807, 2.05) is 30.0 Å². The van der Waals surface area contributed by atoms with Gasteiger partial charge in [0.05, 0.1) is 6.04 Å². The highest BCUT2D eigenvalue weighted by Crippen LogP contribution is 2.40. The highest BCUT2D eigenvalue weighted by molar-refractivity contribution is 5.82. The number of nitrogens with zero attached hydrogens (tertiary/aromatic N) is 3. The van der Waals surface area contributed by atoms with E-state index in [9.17, 15) is 18.8 Å². The summed E-state index contributed by atoms with van der Waals surface area (Å²) in [5, 5.41) is 0. The summed E-state index contributed by atoms with van der Waals surface area (Å²) in [6, 6.07) is 12.0. The molecule has 0 radical (unpaired) electrons. The standard InChI is InChI=1S/C31H38FN3O4/c1-3-28(31(38)34-18-16-33(17-19-34)21(2)36)39-26-13-10-22-14-15-35(30(37)24-6-4-5-7-24)29(27(22)20-26)23-8-11-25(32)12-9-23/h8-13,20,24,28-29H,3-7,14-19H2,1-2H3/t28-,29-/m0/s1. The lowest BCUT2D eigenvalue weighted by Gasteiger charge is -2.39. The van der Waals surface area contributed by atoms with Gasteiger partial charge in [-0.1, -0.05) is 38.0 Å². The Morgan fingerprint density at radius 2 is 1.62 bits per heavy atom. The van der Waals surface area contributed by atoms with Crippen LogP contribution in [-0.2, 0) is 20.8 Å². The molecule has 7 nitrogen and oxygen atoms in total. The number of halogens is 1. The van der Waals surface area contributed by atoms with Gasteiger partial charge in [0.15, 0.2) is 6.10 Å². The van der Waals surface area contributed by atoms with Gasteiger partial charge < -0.3 is 19.4 Å². The number of ether oxygens (including phenoxy) is 1. The molecule has 8 heteroatoms. The minimum Gasteiger partial charge on any atom is -0.481 e. The van der Waals surface area contributed by atoms with Crippen molar-refractivity contribution in [1.82, 2.24) is 14.7 Å². The zero-order valence-corrected chi connectivity index (χ0v) is 22.9. The molecule has 2 aromatic rings. The van der Waals surface area contributed by atoms with E-state index in [-0.39, 0.29) is 35.5 Å². The van der Waals surface area contributed by atoms with Crippen LogP contribution in [0.25, 0.3) is 0 Å². The van der Waals surface area contributed by atoms with Crippen molar-refractivity contribution in [3.05, 3.63) is 65.0 Å². The number of hydrogen-bond acceptors (Lipinski definition) is 4. The van der Waals surface area contributed by atoms with Crippen molar-refractivity contribution in [3.63, 3.8) is 0 Å². The van der Waals surface area contributed by atoms with Crippen molar-refractivity contribution in [2.24, 2.45) is 5.92 Å². The first kappa shape index (κ1) is 27.2. The third-order valence-corrected chi connectivity index (χ3v) is 8.48. The fraction of sp³-hybridized carbons (Fsp3) is 0.516. The third kappa shape index (κ3) is 5.80. The molecule has 0 aromatic heterocycles. The van der Waals surface area contributed by atoms with Gasteiger partial charge in [-0.3, -0.25) is 14.4 Å². The normalized spacial score (nSPS) is 20.5. The number of benzene rings is 2. The molecule has 2 atom stereocenters. The van der Waals surface area contributed by atoms with Crippen molar-refractivity contribution in [3.8, 4) is 5.75 Å². The highest BCUT2D eigenvalue weighted by atomic mass is 19.1. The number of amides is 3. The maximum absolute atomic E-state index is 13.8. The number of rotatable bonds is 6. The van der Waals surface area contributed by atoms with Gasteiger partial charge in [-0.25, -0.2) is 4.39 Å². The zero-order valence-electron chi connectivity index (χ0n) is 22.9. The third-order valence-electron chi connectivity index (χ3n) is 8.48. The van der Waals surface area contributed by atoms with Crippen LogP contribution in [0.1, 0.15) is 68.7 Å². The van der Waals surface area contributed by atoms with Crippen molar-refractivity contribution in [2.45, 2.75) is 64.5 Å². The van der Waals surface area contributed by atoms with Crippen LogP contribution in [0.5, 0.6) is 5.75 Å². The monoisotopic (exact) mass is 535 g/mol. The molecular weight excluding hydrogens is 497 g/mol. The maximum Gasteiger partial charge on any atom is 0.263 e. The summed E-state index contributed by atoms with van der Waals surface area (Å²) in [5.41, 5.74) is 2.97. The van der Waals surface area contributed by atoms with Crippen LogP contribution < -0.4 is 4.74 Å². The fourth-order valence-electron chi connectivity index (χ4n) is 6.23. The molecule has 0 N–H and O–H groups in total. The number of fused-ring (bicyclic) bond motifs is 1. The molecule has 1 saturated carbocycles. The second-order valence-corrected chi connectivity index (χ2v) is 10.9. The summed E-state index contributed by atoms with van der Waals surface area (Å²) in [6.07, 6.45) is 4.60. The summed E-state index contributed by atoms with van der Waals surface area (Å²) in [4.78, 5) is 44.1. The summed E-state index contributed by atoms with van der Waals surface area (Å²) in [5.74, 6) is 0.430. The smallest absolute Gasteiger partial charge is 0.263 e. The van der Waals surface area contributed by atoms with Crippen LogP contribution in [0.3, 0.4) is 0 Å². The van der Waals surface area contributed by atoms with Gasteiger partial charge >= 0.3 is 0 Å². The Bertz CT molecular complexity index is 1200. The molecule has 39 heavy (non-hydrogen) atoms. The van der Waals surface area contributed by atoms with E-state index in [0.29, 0.717) is 44.9 Å². The average Bonchev–Trinajstić information content (AvgIpc) is 3.50. The van der Waals surface area contributed by atoms with E-state index in [0.717, 1.165) is 48.8 Å². The first-order chi connectivity index (χ1) is 18.9. The molecule has 2 heterocycles. The minimum atomic E-state index is -0.643. The molecule has 1 saturated heterocycles. The largest absolute Gasteiger partial charge is 0.481 e. The zero-order chi connectivity index (χ0) is 27.5. The quantitative estimate of drug-likeness (QED) is 0.552. The predicted molar refractivity (Wildman–Crippen MR) is 146 cm³/mol. The van der Waals surface area contributed by atoms with Crippen molar-refractivity contribution in [1.29, 1.82) is 0 Å². The van der Waals surface area contributed by atoms with Gasteiger partial charge in [-0.2, -0.15) is 0 Å². The molecule has 0 spiro atoms. The molecule has 2 fully saturated rings. The van der Waals surface area contributed by atoms with Gasteiger partial charge in [-0.15, -0.1) is 0 Å². The van der Waals surface area contributed by atoms with Crippen LogP contribution in [0.15, 0.2) is 42.5 Å². The molecular formula is C31H38FN3O4. The van der Waals surface area contributed by atoms with E-state index in [1.165, 1.54) is 12.1 Å². The lowest BCUT2D eigenvalue weighted by molar-refractivity contribution is -0.143. The summed E-state index contributed by atoms with van der Waals surface area (Å²) < 4.78 is 20.1. The maximum atomic E-state index is 13.8. The van der Waals surface area contributed by atoms with E-state index in [2.05, 4.69) is 0 Å². The second kappa shape index (κ2) is 11.8. The Morgan fingerprint density at radius 1 is 0.949 bits per heavy atom. The summed E-state index contributed by atoms with van der Waals surface area (Å²) in [6.45, 7) is 6.14. The van der Waals surface area contributed by atoms with Crippen LogP contribution in [-0.4, -0.2) is 71.2 Å². The van der Waals surface area contributed by atoms with E-state index < -0.39 is 6.10 Å². The Kier molecular flexibility index (Phi) is 8.19. The molecule has 1 aliphatic carbocycles. The van der Waals surface area contributed by atoms with Crippen LogP contribution in [0.4, 0.5) is 4.39 Å². The van der Waals surface area contributed by atoms with Gasteiger partial charge in [0.1, 0.15) is 11.6 Å². The lowest BCUT2D eigenvalue weighted by Crippen LogP contribution is -2.53. The first-order valence-electron chi connectivity index (χ1n) is 14.3. The first-order valence-corrected chi connectivity index (χ1v) is 14.3. The molecule has 2 aromatic carbocycles. The summed E-state index contributed by atoms with van der Waals surface area (Å²) in [7, 11) is 0. The Morgan fingerprint density at radius 3 is 2.26 bits per heavy atom. The Labute approximate surface area is 229 Å². The van der Waals surface area contributed by atoms with Gasteiger partial charge in [0.2, 0.25) is 11.8 Å². The van der Waals surface area contributed by atoms with Crippen molar-refractivity contribution in [2.75, 3.05) is 32.7 Å². The van der Waals surface area contributed by atoms with Gasteiger partial charge in [0, 0.05) is 45.6 Å². The molecule has 0 bridgehead atoms. The van der Waals surface area contributed by atoms with Crippen LogP contribution >= 0.6 is 0 Å². The molecule has 3 amide bonds. The number of carbonyl (C=O) groups excluding carboxylic acids is 3. The van der Waals surface area contributed by atoms with Gasteiger partial charge in [0.25, 0.3) is 5.91 Å². The van der Waals surface area contributed by atoms with Crippen LogP contribution in [0, 0.1) is 11.7 Å². The Hall–Kier alpha value is -3.42. The van der Waals surface area contributed by atoms with Gasteiger partial charge in [-0.05, 0) is 66.6 Å². The number of piperazine rings is 1. The topological polar surface area (TPSA) is 70.2 Å². The second-order valence-electron chi connectivity index (χ2n) is 10.9. The molecule has 5 rings (SSSR count). The lowest BCUT2D eigenvalue weighted by atomic mass is 9.87. The Balaban J connectivity index is 1.40. The van der Waals surface area contributed by atoms with Crippen molar-refractivity contribution >= 4 is 17.7 Å². The number of carbonyl (C=O) groups is 3. The average molecular weight is 536 g/mol. The van der Waals surface area contributed by atoms with Crippen LogP contribution in [0.2, 0.25) is 0 Å². The predicted octanol–water partition coefficient (Wildman–Crippen LogP) is 4.34.